The van der Waals surface area contributed by atoms with Gasteiger partial charge in [-0.3, -0.25) is 9.00 Å². The Hall–Kier alpha value is -2.47. The van der Waals surface area contributed by atoms with Crippen LogP contribution in [0.3, 0.4) is 0 Å². The van der Waals surface area contributed by atoms with Crippen LogP contribution in [0.5, 0.6) is 0 Å². The zero-order chi connectivity index (χ0) is 17.4. The molecule has 2 amide bonds. The summed E-state index contributed by atoms with van der Waals surface area (Å²) in [6, 6.07) is 15.9. The van der Waals surface area contributed by atoms with Crippen molar-refractivity contribution in [1.29, 1.82) is 0 Å². The van der Waals surface area contributed by atoms with Crippen LogP contribution in [0.1, 0.15) is 22.8 Å². The Morgan fingerprint density at radius 1 is 1.04 bits per heavy atom. The lowest BCUT2D eigenvalue weighted by molar-refractivity contribution is 0.101. The summed E-state index contributed by atoms with van der Waals surface area (Å²) in [5, 5.41) is 5.33. The summed E-state index contributed by atoms with van der Waals surface area (Å²) >= 11 is 0. The van der Waals surface area contributed by atoms with Crippen LogP contribution in [-0.4, -0.2) is 28.3 Å². The van der Waals surface area contributed by atoms with E-state index in [2.05, 4.69) is 10.6 Å². The monoisotopic (exact) mass is 344 g/mol. The summed E-state index contributed by atoms with van der Waals surface area (Å²) in [7, 11) is -1.03. The average Bonchev–Trinajstić information content (AvgIpc) is 2.56. The molecule has 0 radical (unpaired) electrons. The summed E-state index contributed by atoms with van der Waals surface area (Å²) in [5.74, 6) is 0.802. The number of Topliss-reactive ketones (excluding diaryl/α,β-unsaturated/α-hetero) is 1. The first-order chi connectivity index (χ1) is 11.5. The van der Waals surface area contributed by atoms with Crippen LogP contribution in [0.2, 0.25) is 0 Å². The highest BCUT2D eigenvalue weighted by atomic mass is 32.2. The van der Waals surface area contributed by atoms with E-state index in [1.807, 2.05) is 30.3 Å². The molecule has 126 valence electrons. The van der Waals surface area contributed by atoms with E-state index in [1.165, 1.54) is 6.92 Å². The highest BCUT2D eigenvalue weighted by Gasteiger charge is 2.06. The maximum Gasteiger partial charge on any atom is 0.319 e. The highest BCUT2D eigenvalue weighted by Crippen LogP contribution is 2.10. The largest absolute Gasteiger partial charge is 0.337 e. The molecular formula is C18H20N2O3S. The number of ketones is 1. The lowest BCUT2D eigenvalue weighted by Crippen LogP contribution is -2.32. The van der Waals surface area contributed by atoms with Gasteiger partial charge in [0.2, 0.25) is 0 Å². The van der Waals surface area contributed by atoms with Gasteiger partial charge in [0, 0.05) is 40.1 Å². The first kappa shape index (κ1) is 17.9. The predicted octanol–water partition coefficient (Wildman–Crippen LogP) is 2.96. The van der Waals surface area contributed by atoms with Gasteiger partial charge in [0.15, 0.2) is 5.78 Å². The average molecular weight is 344 g/mol. The Balaban J connectivity index is 1.74. The Bertz CT molecular complexity index is 732. The molecule has 1 atom stereocenters. The van der Waals surface area contributed by atoms with Gasteiger partial charge >= 0.3 is 6.03 Å². The maximum atomic E-state index is 12.0. The normalized spacial score (nSPS) is 11.5. The van der Waals surface area contributed by atoms with Crippen LogP contribution < -0.4 is 10.6 Å². The molecule has 0 spiro atoms. The van der Waals surface area contributed by atoms with Gasteiger partial charge in [-0.15, -0.1) is 0 Å². The van der Waals surface area contributed by atoms with E-state index in [0.29, 0.717) is 29.3 Å². The molecule has 6 heteroatoms. The minimum atomic E-state index is -1.03. The Morgan fingerprint density at radius 2 is 1.79 bits per heavy atom. The number of rotatable bonds is 7. The van der Waals surface area contributed by atoms with Gasteiger partial charge in [-0.25, -0.2) is 4.79 Å². The molecule has 2 aromatic rings. The number of nitrogens with one attached hydrogen (secondary N) is 2. The number of urea groups is 1. The highest BCUT2D eigenvalue weighted by molar-refractivity contribution is 7.84. The zero-order valence-electron chi connectivity index (χ0n) is 13.5. The summed E-state index contributed by atoms with van der Waals surface area (Å²) < 4.78 is 12.0. The van der Waals surface area contributed by atoms with Crippen molar-refractivity contribution in [2.24, 2.45) is 0 Å². The molecule has 2 N–H and O–H groups in total. The second-order valence-corrected chi connectivity index (χ2v) is 6.87. The van der Waals surface area contributed by atoms with E-state index in [0.717, 1.165) is 5.56 Å². The fraction of sp³-hybridized carbons (Fsp3) is 0.222. The fourth-order valence-electron chi connectivity index (χ4n) is 2.10. The Labute approximate surface area is 143 Å². The van der Waals surface area contributed by atoms with Gasteiger partial charge in [-0.2, -0.15) is 0 Å². The summed E-state index contributed by atoms with van der Waals surface area (Å²) in [5.41, 5.74) is 2.10. The first-order valence-corrected chi connectivity index (χ1v) is 9.08. The summed E-state index contributed by atoms with van der Waals surface area (Å²) in [6.45, 7) is 1.79. The van der Waals surface area contributed by atoms with Crippen molar-refractivity contribution in [3.8, 4) is 0 Å². The lowest BCUT2D eigenvalue weighted by Gasteiger charge is -2.08. The Morgan fingerprint density at radius 3 is 2.50 bits per heavy atom. The first-order valence-electron chi connectivity index (χ1n) is 7.59. The number of carbonyl (C=O) groups is 2. The zero-order valence-corrected chi connectivity index (χ0v) is 14.3. The molecule has 0 aliphatic heterocycles. The van der Waals surface area contributed by atoms with Crippen LogP contribution in [0, 0.1) is 0 Å². The molecule has 24 heavy (non-hydrogen) atoms. The lowest BCUT2D eigenvalue weighted by atomic mass is 10.1. The van der Waals surface area contributed by atoms with Gasteiger partial charge in [0.1, 0.15) is 0 Å². The SMILES string of the molecule is CC(=O)c1cccc(NC(=O)NCCS(=O)Cc2ccccc2)c1. The van der Waals surface area contributed by atoms with Gasteiger partial charge in [0.25, 0.3) is 0 Å². The molecule has 0 bridgehead atoms. The van der Waals surface area contributed by atoms with E-state index in [1.54, 1.807) is 24.3 Å². The molecule has 5 nitrogen and oxygen atoms in total. The summed E-state index contributed by atoms with van der Waals surface area (Å²) in [4.78, 5) is 23.1. The summed E-state index contributed by atoms with van der Waals surface area (Å²) in [6.07, 6.45) is 0. The molecule has 0 aromatic heterocycles. The van der Waals surface area contributed by atoms with E-state index in [4.69, 9.17) is 0 Å². The smallest absolute Gasteiger partial charge is 0.319 e. The molecule has 1 unspecified atom stereocenters. The predicted molar refractivity (Wildman–Crippen MR) is 96.6 cm³/mol. The van der Waals surface area contributed by atoms with Gasteiger partial charge in [-0.05, 0) is 24.6 Å². The van der Waals surface area contributed by atoms with Crippen molar-refractivity contribution in [1.82, 2.24) is 5.32 Å². The van der Waals surface area contributed by atoms with Crippen molar-refractivity contribution >= 4 is 28.3 Å². The third-order valence-corrected chi connectivity index (χ3v) is 4.63. The van der Waals surface area contributed by atoms with Crippen LogP contribution in [0.4, 0.5) is 10.5 Å². The second-order valence-electron chi connectivity index (χ2n) is 5.29. The van der Waals surface area contributed by atoms with Crippen LogP contribution in [0.15, 0.2) is 54.6 Å². The third kappa shape index (κ3) is 5.96. The van der Waals surface area contributed by atoms with Crippen molar-refractivity contribution < 1.29 is 13.8 Å². The number of amides is 2. The molecule has 0 aliphatic carbocycles. The van der Waals surface area contributed by atoms with Crippen molar-refractivity contribution in [2.45, 2.75) is 12.7 Å². The van der Waals surface area contributed by atoms with Gasteiger partial charge < -0.3 is 10.6 Å². The quantitative estimate of drug-likeness (QED) is 0.758. The van der Waals surface area contributed by atoms with Crippen molar-refractivity contribution in [3.63, 3.8) is 0 Å². The van der Waals surface area contributed by atoms with Crippen molar-refractivity contribution in [3.05, 3.63) is 65.7 Å². The fourth-order valence-corrected chi connectivity index (χ4v) is 3.14. The maximum absolute atomic E-state index is 12.0. The Kier molecular flexibility index (Phi) is 6.69. The third-order valence-electron chi connectivity index (χ3n) is 3.31. The van der Waals surface area contributed by atoms with Crippen LogP contribution in [-0.2, 0) is 16.6 Å². The topological polar surface area (TPSA) is 75.3 Å². The molecule has 0 heterocycles. The minimum Gasteiger partial charge on any atom is -0.337 e. The molecule has 2 aromatic carbocycles. The number of benzene rings is 2. The van der Waals surface area contributed by atoms with E-state index in [-0.39, 0.29) is 11.8 Å². The van der Waals surface area contributed by atoms with Crippen LogP contribution in [0.25, 0.3) is 0 Å². The molecule has 0 aliphatic rings. The van der Waals surface area contributed by atoms with Gasteiger partial charge in [0.05, 0.1) is 0 Å². The number of anilines is 1. The number of carbonyl (C=O) groups excluding carboxylic acids is 2. The standard InChI is InChI=1S/C18H20N2O3S/c1-14(21)16-8-5-9-17(12-16)20-18(22)19-10-11-24(23)13-15-6-3-2-4-7-15/h2-9,12H,10-11,13H2,1H3,(H2,19,20,22). The molecule has 2 rings (SSSR count). The number of hydrogen-bond acceptors (Lipinski definition) is 3. The number of hydrogen-bond donors (Lipinski definition) is 2. The molecular weight excluding hydrogens is 324 g/mol. The van der Waals surface area contributed by atoms with Crippen LogP contribution >= 0.6 is 0 Å². The molecule has 0 saturated carbocycles. The molecule has 0 saturated heterocycles. The minimum absolute atomic E-state index is 0.0598. The van der Waals surface area contributed by atoms with E-state index in [9.17, 15) is 13.8 Å². The molecule has 0 fully saturated rings. The van der Waals surface area contributed by atoms with E-state index >= 15 is 0 Å². The second kappa shape index (κ2) is 8.98. The van der Waals surface area contributed by atoms with Gasteiger partial charge in [-0.1, -0.05) is 42.5 Å². The van der Waals surface area contributed by atoms with Crippen molar-refractivity contribution in [2.75, 3.05) is 17.6 Å². The van der Waals surface area contributed by atoms with E-state index < -0.39 is 10.8 Å².